The van der Waals surface area contributed by atoms with Crippen LogP contribution in [0.1, 0.15) is 163 Å². The van der Waals surface area contributed by atoms with Crippen LogP contribution in [0, 0.1) is 5.41 Å². The number of nitrogens with zero attached hydrogens (tertiary/aromatic N) is 1. The van der Waals surface area contributed by atoms with E-state index in [-0.39, 0.29) is 54.2 Å². The maximum atomic E-state index is 14.1. The maximum absolute atomic E-state index is 14.1. The van der Waals surface area contributed by atoms with Gasteiger partial charge in [-0.05, 0) is 126 Å². The molecule has 2 unspecified atom stereocenters. The van der Waals surface area contributed by atoms with Crippen molar-refractivity contribution in [2.75, 3.05) is 13.2 Å². The molecule has 0 aliphatic rings. The van der Waals surface area contributed by atoms with Gasteiger partial charge in [0.2, 0.25) is 17.7 Å². The average molecular weight is 1150 g/mol. The van der Waals surface area contributed by atoms with Crippen LogP contribution < -0.4 is 20.1 Å². The highest BCUT2D eigenvalue weighted by Crippen LogP contribution is 2.33. The van der Waals surface area contributed by atoms with E-state index in [9.17, 15) is 33.9 Å². The van der Waals surface area contributed by atoms with E-state index in [1.807, 2.05) is 18.2 Å². The minimum Gasteiger partial charge on any atom is -0.465 e. The summed E-state index contributed by atoms with van der Waals surface area (Å²) in [7, 11) is 0. The van der Waals surface area contributed by atoms with E-state index >= 15 is 0 Å². The van der Waals surface area contributed by atoms with E-state index in [4.69, 9.17) is 18.9 Å². The van der Waals surface area contributed by atoms with Crippen molar-refractivity contribution in [2.45, 2.75) is 143 Å². The molecule has 2 atom stereocenters. The van der Waals surface area contributed by atoms with Crippen LogP contribution >= 0.6 is 0 Å². The molecule has 3 amide bonds. The minimum absolute atomic E-state index is 0.0415. The number of hydrogen-bond donors (Lipinski definition) is 3. The molecule has 448 valence electrons. The third kappa shape index (κ3) is 31.8. The molecule has 0 saturated heterocycles. The Morgan fingerprint density at radius 1 is 0.571 bits per heavy atom. The number of carbonyl (C=O) groups excluding carboxylic acids is 6. The Labute approximate surface area is 498 Å². The quantitative estimate of drug-likeness (QED) is 0.0122. The largest absolute Gasteiger partial charge is 0.465 e. The monoisotopic (exact) mass is 1150 g/mol. The number of allylic oxidation sites excluding steroid dienone is 21. The fourth-order valence-electron chi connectivity index (χ4n) is 7.63. The third-order valence-corrected chi connectivity index (χ3v) is 12.2. The Balaban J connectivity index is 1.58. The number of pyridine rings is 1. The number of carbonyl (C=O) groups is 6. The van der Waals surface area contributed by atoms with Gasteiger partial charge in [0.15, 0.2) is 6.29 Å². The average Bonchev–Trinajstić information content (AvgIpc) is 3.59. The van der Waals surface area contributed by atoms with Crippen LogP contribution in [0.15, 0.2) is 207 Å². The second kappa shape index (κ2) is 44.3. The van der Waals surface area contributed by atoms with Crippen molar-refractivity contribution in [3.8, 4) is 11.5 Å². The molecule has 14 nitrogen and oxygen atoms in total. The van der Waals surface area contributed by atoms with Crippen LogP contribution in [0.2, 0.25) is 0 Å². The Morgan fingerprint density at radius 2 is 1.07 bits per heavy atom. The summed E-state index contributed by atoms with van der Waals surface area (Å²) < 4.78 is 23.0. The zero-order valence-corrected chi connectivity index (χ0v) is 49.5. The molecule has 1 aromatic heterocycles. The van der Waals surface area contributed by atoms with Crippen molar-refractivity contribution in [3.63, 3.8) is 0 Å². The molecule has 0 aliphatic heterocycles. The first-order valence-corrected chi connectivity index (χ1v) is 29.2. The molecule has 0 aliphatic carbocycles. The molecule has 1 heterocycles. The second-order valence-electron chi connectivity index (χ2n) is 19.8. The summed E-state index contributed by atoms with van der Waals surface area (Å²) in [6.07, 6.45) is 56.4. The van der Waals surface area contributed by atoms with Gasteiger partial charge in [-0.2, -0.15) is 0 Å². The lowest BCUT2D eigenvalue weighted by molar-refractivity contribution is -0.190. The van der Waals surface area contributed by atoms with Crippen molar-refractivity contribution in [3.05, 3.63) is 223 Å². The highest BCUT2D eigenvalue weighted by molar-refractivity contribution is 6.01. The van der Waals surface area contributed by atoms with Crippen molar-refractivity contribution in [2.24, 2.45) is 5.41 Å². The number of esters is 3. The van der Waals surface area contributed by atoms with Gasteiger partial charge in [0, 0.05) is 37.2 Å². The number of aromatic nitrogens is 1. The zero-order valence-electron chi connectivity index (χ0n) is 49.5. The van der Waals surface area contributed by atoms with Crippen molar-refractivity contribution in [1.29, 1.82) is 0 Å². The number of unbranched alkanes of at least 4 members (excludes halogenated alkanes) is 2. The molecule has 0 spiro atoms. The molecular weight excluding hydrogens is 1060 g/mol. The molecule has 0 saturated carbocycles. The smallest absolute Gasteiger partial charge is 0.347 e. The molecule has 0 radical (unpaired) electrons. The van der Waals surface area contributed by atoms with Gasteiger partial charge in [0.05, 0.1) is 17.7 Å². The highest BCUT2D eigenvalue weighted by atomic mass is 16.6. The Bertz CT molecular complexity index is 2800. The summed E-state index contributed by atoms with van der Waals surface area (Å²) in [5, 5.41) is 16.6. The number of aliphatic hydroxyl groups is 1. The number of amides is 3. The third-order valence-electron chi connectivity index (χ3n) is 12.2. The summed E-state index contributed by atoms with van der Waals surface area (Å²) in [6, 6.07) is 15.0. The Hall–Kier alpha value is -8.33. The number of imide groups is 1. The van der Waals surface area contributed by atoms with E-state index in [0.717, 1.165) is 64.2 Å². The van der Waals surface area contributed by atoms with E-state index in [2.05, 4.69) is 133 Å². The lowest BCUT2D eigenvalue weighted by atomic mass is 9.86. The van der Waals surface area contributed by atoms with E-state index in [1.54, 1.807) is 50.3 Å². The standard InChI is InChI=1S/C70H87N3O11/c1-5-7-9-11-13-15-17-19-21-23-25-26-28-30-32-34-36-38-50-62(74)73-63(75)52-54-72-66(77)65(70(3,4)56-81-64(76)51-39-37-35-33-31-29-27-24-22-20-18-16-14-12-10-8-6-2)84-69(80)59-47-41-43-49-61(59)83-68(79)58-46-40-42-48-60(58)82-67(78)57-45-44-53-71-55-57/h7-10,13-16,19-22,25-27,29-30,32-33,35,38,40-50,53,55,65,69,80H,5-6,11-12,17-18,23-24,28,31,34,36-37,39,51-52,54,56H2,1-4H3,(H,72,77)(H,73,74,75)/b9-7?,10-8?,15-13?,16-14?,21-19?,22-20?,26-25?,29-27?,32-30?,35-33?,50-38+. The van der Waals surface area contributed by atoms with Crippen LogP contribution in [0.5, 0.6) is 11.5 Å². The zero-order chi connectivity index (χ0) is 60.7. The number of hydrogen-bond acceptors (Lipinski definition) is 12. The molecule has 14 heteroatoms. The van der Waals surface area contributed by atoms with Crippen LogP contribution in [0.3, 0.4) is 0 Å². The van der Waals surface area contributed by atoms with Gasteiger partial charge in [0.25, 0.3) is 0 Å². The summed E-state index contributed by atoms with van der Waals surface area (Å²) in [4.78, 5) is 82.9. The van der Waals surface area contributed by atoms with E-state index in [0.29, 0.717) is 25.7 Å². The number of ether oxygens (including phenoxy) is 4. The van der Waals surface area contributed by atoms with Gasteiger partial charge in [0.1, 0.15) is 23.2 Å². The molecule has 3 aromatic rings. The van der Waals surface area contributed by atoms with Gasteiger partial charge in [-0.15, -0.1) is 0 Å². The van der Waals surface area contributed by atoms with Gasteiger partial charge < -0.3 is 29.4 Å². The lowest BCUT2D eigenvalue weighted by Crippen LogP contribution is -2.49. The van der Waals surface area contributed by atoms with Crippen LogP contribution in [0.25, 0.3) is 0 Å². The first-order chi connectivity index (χ1) is 40.9. The van der Waals surface area contributed by atoms with Gasteiger partial charge in [-0.3, -0.25) is 29.5 Å². The summed E-state index contributed by atoms with van der Waals surface area (Å²) in [5.41, 5.74) is -1.27. The lowest BCUT2D eigenvalue weighted by Gasteiger charge is -2.34. The Kier molecular flexibility index (Phi) is 36.9. The summed E-state index contributed by atoms with van der Waals surface area (Å²) in [6.45, 7) is 6.96. The first kappa shape index (κ1) is 69.9. The fourth-order valence-corrected chi connectivity index (χ4v) is 7.63. The predicted molar refractivity (Wildman–Crippen MR) is 334 cm³/mol. The summed E-state index contributed by atoms with van der Waals surface area (Å²) in [5.74, 6) is -4.40. The maximum Gasteiger partial charge on any atom is 0.347 e. The number of para-hydroxylation sites is 2. The van der Waals surface area contributed by atoms with E-state index < -0.39 is 53.4 Å². The molecule has 2 aromatic carbocycles. The number of aliphatic hydroxyl groups excluding tert-OH is 1. The number of rotatable bonds is 40. The van der Waals surface area contributed by atoms with Crippen LogP contribution in [-0.4, -0.2) is 65.0 Å². The normalized spacial score (nSPS) is 13.2. The second-order valence-corrected chi connectivity index (χ2v) is 19.8. The van der Waals surface area contributed by atoms with Crippen molar-refractivity contribution >= 4 is 35.6 Å². The first-order valence-electron chi connectivity index (χ1n) is 29.2. The molecule has 0 fully saturated rings. The molecule has 84 heavy (non-hydrogen) atoms. The van der Waals surface area contributed by atoms with E-state index in [1.165, 1.54) is 48.8 Å². The van der Waals surface area contributed by atoms with Gasteiger partial charge >= 0.3 is 17.9 Å². The fraction of sp³-hybridized carbons (Fsp3) is 0.357. The van der Waals surface area contributed by atoms with Crippen LogP contribution in [0.4, 0.5) is 0 Å². The molecule has 3 rings (SSSR count). The minimum atomic E-state index is -1.89. The predicted octanol–water partition coefficient (Wildman–Crippen LogP) is 14.6. The molecular formula is C70H87N3O11. The summed E-state index contributed by atoms with van der Waals surface area (Å²) >= 11 is 0. The van der Waals surface area contributed by atoms with Gasteiger partial charge in [-0.1, -0.05) is 186 Å². The number of benzene rings is 2. The van der Waals surface area contributed by atoms with Crippen LogP contribution in [-0.2, 0) is 28.7 Å². The topological polar surface area (TPSA) is 197 Å². The highest BCUT2D eigenvalue weighted by Gasteiger charge is 2.40. The number of nitrogens with one attached hydrogen (secondary N) is 2. The van der Waals surface area contributed by atoms with Crippen molar-refractivity contribution in [1.82, 2.24) is 15.6 Å². The van der Waals surface area contributed by atoms with Gasteiger partial charge in [-0.25, -0.2) is 9.59 Å². The van der Waals surface area contributed by atoms with Crippen molar-refractivity contribution < 1.29 is 52.8 Å². The molecule has 0 bridgehead atoms. The SMILES string of the molecule is CCC=CCC=CCC=CCC=CCC=CCC/C=C/C(=O)NC(=O)CCNC(=O)C(OC(O)c1ccccc1OC(=O)c1ccccc1OC(=O)c1cccnc1)C(C)(C)COC(=O)CCCC=CCC=CCC=CCC=CCC=CCC. The Morgan fingerprint density at radius 3 is 1.63 bits per heavy atom. The molecule has 3 N–H and O–H groups in total.